The van der Waals surface area contributed by atoms with Crippen LogP contribution in [-0.2, 0) is 10.0 Å². The van der Waals surface area contributed by atoms with Crippen molar-refractivity contribution in [3.8, 4) is 11.5 Å². The second-order valence-electron chi connectivity index (χ2n) is 16.9. The van der Waals surface area contributed by atoms with Crippen LogP contribution in [0.3, 0.4) is 0 Å². The predicted octanol–water partition coefficient (Wildman–Crippen LogP) is 8.32. The number of anilines is 3. The van der Waals surface area contributed by atoms with Gasteiger partial charge in [-0.25, -0.2) is 18.1 Å². The number of halogens is 2. The van der Waals surface area contributed by atoms with Crippen LogP contribution in [-0.4, -0.2) is 86.2 Å². The summed E-state index contributed by atoms with van der Waals surface area (Å²) in [6.45, 7) is 8.47. The molecule has 0 unspecified atom stereocenters. The van der Waals surface area contributed by atoms with Crippen molar-refractivity contribution in [1.29, 1.82) is 0 Å². The third kappa shape index (κ3) is 10.4. The zero-order valence-corrected chi connectivity index (χ0v) is 36.8. The lowest BCUT2D eigenvalue weighted by atomic mass is 9.72. The Balaban J connectivity index is 1.10. The van der Waals surface area contributed by atoms with Crippen molar-refractivity contribution >= 4 is 67.6 Å². The summed E-state index contributed by atoms with van der Waals surface area (Å²) in [6.07, 6.45) is 6.48. The first-order valence-electron chi connectivity index (χ1n) is 20.4. The summed E-state index contributed by atoms with van der Waals surface area (Å²) in [5, 5.41) is 23.0. The first-order chi connectivity index (χ1) is 29.0. The monoisotopic (exact) mass is 891 g/mol. The van der Waals surface area contributed by atoms with Crippen molar-refractivity contribution in [3.05, 3.63) is 110 Å². The van der Waals surface area contributed by atoms with Gasteiger partial charge in [0.2, 0.25) is 0 Å². The normalized spacial score (nSPS) is 19.7. The molecule has 14 nitrogen and oxygen atoms in total. The number of benzene rings is 3. The molecule has 4 aromatic rings. The van der Waals surface area contributed by atoms with Crippen molar-refractivity contribution in [1.82, 2.24) is 14.6 Å². The van der Waals surface area contributed by atoms with Crippen LogP contribution >= 0.6 is 23.2 Å². The van der Waals surface area contributed by atoms with Gasteiger partial charge in [-0.1, -0.05) is 54.8 Å². The molecule has 1 amide bonds. The summed E-state index contributed by atoms with van der Waals surface area (Å²) in [7, 11) is -2.89. The summed E-state index contributed by atoms with van der Waals surface area (Å²) >= 11 is 12.5. The highest BCUT2D eigenvalue weighted by molar-refractivity contribution is 7.90. The van der Waals surface area contributed by atoms with E-state index >= 15 is 0 Å². The second-order valence-corrected chi connectivity index (χ2v) is 19.5. The molecule has 0 spiro atoms. The number of nitrogens with zero attached hydrogens (tertiary/aromatic N) is 5. The van der Waals surface area contributed by atoms with Gasteiger partial charge in [-0.3, -0.25) is 19.8 Å². The number of hydrogen-bond donors (Lipinski definition) is 3. The Morgan fingerprint density at radius 2 is 1.74 bits per heavy atom. The van der Waals surface area contributed by atoms with Gasteiger partial charge in [0.15, 0.2) is 0 Å². The number of pyridine rings is 1. The second kappa shape index (κ2) is 18.2. The largest absolute Gasteiger partial charge is 0.455 e. The fourth-order valence-corrected chi connectivity index (χ4v) is 9.75. The minimum Gasteiger partial charge on any atom is -0.455 e. The molecule has 0 bridgehead atoms. The molecule has 4 N–H and O–H groups in total. The minimum atomic E-state index is -4.61. The van der Waals surface area contributed by atoms with Gasteiger partial charge in [0, 0.05) is 74.7 Å². The van der Waals surface area contributed by atoms with Crippen molar-refractivity contribution < 1.29 is 28.0 Å². The van der Waals surface area contributed by atoms with Crippen LogP contribution < -0.4 is 25.0 Å². The molecule has 1 aliphatic heterocycles. The van der Waals surface area contributed by atoms with Gasteiger partial charge in [0.1, 0.15) is 23.0 Å². The van der Waals surface area contributed by atoms with E-state index in [-0.39, 0.29) is 45.0 Å². The van der Waals surface area contributed by atoms with Crippen LogP contribution in [0.25, 0.3) is 5.57 Å². The van der Waals surface area contributed by atoms with E-state index in [0.717, 1.165) is 55.7 Å². The van der Waals surface area contributed by atoms with Crippen LogP contribution in [0.1, 0.15) is 74.7 Å². The molecule has 1 saturated carbocycles. The van der Waals surface area contributed by atoms with Crippen molar-refractivity contribution in [2.24, 2.45) is 5.41 Å². The summed E-state index contributed by atoms with van der Waals surface area (Å²) in [5.41, 5.74) is 10.6. The Bertz CT molecular complexity index is 2430. The molecule has 1 saturated heterocycles. The van der Waals surface area contributed by atoms with E-state index in [4.69, 9.17) is 33.7 Å². The number of aliphatic hydroxyl groups is 1. The third-order valence-electron chi connectivity index (χ3n) is 12.1. The lowest BCUT2D eigenvalue weighted by molar-refractivity contribution is -0.384. The van der Waals surface area contributed by atoms with Crippen LogP contribution in [0, 0.1) is 15.5 Å². The molecular weight excluding hydrogens is 841 g/mol. The third-order valence-corrected chi connectivity index (χ3v) is 14.0. The number of amides is 1. The van der Waals surface area contributed by atoms with Crippen LogP contribution in [0.2, 0.25) is 10.0 Å². The number of nitrogen functional groups attached to an aromatic ring is 1. The number of aliphatic hydroxyl groups excluding tert-OH is 1. The quantitative estimate of drug-likeness (QED) is 0.0915. The molecule has 2 fully saturated rings. The number of piperazine rings is 1. The number of sulfonamides is 1. The molecule has 324 valence electrons. The summed E-state index contributed by atoms with van der Waals surface area (Å²) < 4.78 is 35.6. The average Bonchev–Trinajstić information content (AvgIpc) is 3.23. The van der Waals surface area contributed by atoms with Crippen molar-refractivity contribution in [2.45, 2.75) is 75.8 Å². The first-order valence-corrected chi connectivity index (χ1v) is 22.6. The number of nitro groups is 1. The number of nitro benzene ring substituents is 1. The molecular formula is C44H51Cl2N7O7S. The molecule has 0 radical (unpaired) electrons. The van der Waals surface area contributed by atoms with Gasteiger partial charge in [-0.2, -0.15) is 0 Å². The number of ether oxygens (including phenoxy) is 1. The van der Waals surface area contributed by atoms with E-state index in [0.29, 0.717) is 38.8 Å². The fraction of sp³-hybridized carbons (Fsp3) is 0.409. The van der Waals surface area contributed by atoms with Gasteiger partial charge in [-0.05, 0) is 97.9 Å². The molecule has 2 heterocycles. The number of nitrogens with two attached hydrogens (primary N) is 1. The fourth-order valence-electron chi connectivity index (χ4n) is 8.48. The smallest absolute Gasteiger partial charge is 0.293 e. The number of carbonyl (C=O) groups is 1. The first kappa shape index (κ1) is 44.1. The maximum Gasteiger partial charge on any atom is 0.293 e. The molecule has 3 aromatic carbocycles. The van der Waals surface area contributed by atoms with E-state index in [1.54, 1.807) is 24.1 Å². The lowest BCUT2D eigenvalue weighted by Crippen LogP contribution is -2.47. The number of rotatable bonds is 12. The summed E-state index contributed by atoms with van der Waals surface area (Å²) in [5.74, 6) is -0.716. The molecule has 1 aromatic heterocycles. The van der Waals surface area contributed by atoms with Gasteiger partial charge < -0.3 is 25.4 Å². The van der Waals surface area contributed by atoms with E-state index in [1.807, 2.05) is 12.1 Å². The van der Waals surface area contributed by atoms with Gasteiger partial charge in [0.25, 0.3) is 21.6 Å². The maximum absolute atomic E-state index is 13.9. The maximum atomic E-state index is 13.9. The molecule has 7 rings (SSSR count). The van der Waals surface area contributed by atoms with Gasteiger partial charge in [0.05, 0.1) is 32.7 Å². The summed E-state index contributed by atoms with van der Waals surface area (Å²) in [6, 6.07) is 17.9. The van der Waals surface area contributed by atoms with E-state index in [2.05, 4.69) is 45.5 Å². The van der Waals surface area contributed by atoms with Gasteiger partial charge in [-0.15, -0.1) is 0 Å². The van der Waals surface area contributed by atoms with Crippen LogP contribution in [0.5, 0.6) is 11.5 Å². The van der Waals surface area contributed by atoms with Crippen molar-refractivity contribution in [2.75, 3.05) is 55.3 Å². The predicted molar refractivity (Wildman–Crippen MR) is 239 cm³/mol. The molecule has 0 atom stereocenters. The molecule has 61 heavy (non-hydrogen) atoms. The van der Waals surface area contributed by atoms with Gasteiger partial charge >= 0.3 is 0 Å². The van der Waals surface area contributed by atoms with E-state index in [1.165, 1.54) is 47.2 Å². The number of nitrogens with one attached hydrogen (secondary N) is 1. The van der Waals surface area contributed by atoms with Crippen LogP contribution in [0.4, 0.5) is 22.9 Å². The zero-order valence-electron chi connectivity index (χ0n) is 34.4. The Kier molecular flexibility index (Phi) is 13.2. The number of allylic oxidation sites excluding steroid dienone is 1. The minimum absolute atomic E-state index is 0.0402. The Labute approximate surface area is 366 Å². The number of carbonyl (C=O) groups excluding carboxylic acids is 1. The topological polar surface area (TPSA) is 184 Å². The standard InChI is InChI=1S/C44H51Cl2N7O7S/c1-44(2)17-16-29(37(25-44)28-4-6-30(45)7-5-28)27-51-18-20-52(21-19-51)32-10-14-36(41(22-32)60-34-23-38(46)42(47)48-26-34)43(55)49-61(58,59)35-13-15-39(40(24-35)53(56)57)50(3)31-8-11-33(54)12-9-31/h4-7,10,13-15,22-24,26,31,33,54H,8-9,11-12,16-21,25,27H2,1-3H3,(H2,47,48)(H,49,55). The highest BCUT2D eigenvalue weighted by atomic mass is 35.5. The Morgan fingerprint density at radius 1 is 1.03 bits per heavy atom. The van der Waals surface area contributed by atoms with E-state index < -0.39 is 37.5 Å². The Hall–Kier alpha value is -4.93. The number of hydrogen-bond acceptors (Lipinski definition) is 12. The zero-order chi connectivity index (χ0) is 43.6. The van der Waals surface area contributed by atoms with E-state index in [9.17, 15) is 28.4 Å². The highest BCUT2D eigenvalue weighted by Crippen LogP contribution is 2.44. The van der Waals surface area contributed by atoms with Crippen molar-refractivity contribution in [3.63, 3.8) is 0 Å². The average molecular weight is 893 g/mol. The molecule has 2 aliphatic carbocycles. The SMILES string of the molecule is CN(c1ccc(S(=O)(=O)NC(=O)c2ccc(N3CCN(CC4=C(c5ccc(Cl)cc5)CC(C)(C)CC4)CC3)cc2Oc2cnc(N)c(Cl)c2)cc1[N+](=O)[O-])C1CCC(O)CC1. The van der Waals surface area contributed by atoms with Crippen LogP contribution in [0.15, 0.2) is 83.4 Å². The lowest BCUT2D eigenvalue weighted by Gasteiger charge is -2.39. The number of aromatic nitrogens is 1. The Morgan fingerprint density at radius 3 is 2.41 bits per heavy atom. The highest BCUT2D eigenvalue weighted by Gasteiger charge is 2.32. The molecule has 3 aliphatic rings. The summed E-state index contributed by atoms with van der Waals surface area (Å²) in [4.78, 5) is 35.4. The molecule has 17 heteroatoms.